The number of para-hydroxylation sites is 1. The summed E-state index contributed by atoms with van der Waals surface area (Å²) in [6.45, 7) is 1.35. The number of ether oxygens (including phenoxy) is 1. The average molecular weight is 274 g/mol. The van der Waals surface area contributed by atoms with E-state index in [0.717, 1.165) is 49.6 Å². The number of aromatic amines is 1. The van der Waals surface area contributed by atoms with E-state index in [2.05, 4.69) is 15.2 Å². The van der Waals surface area contributed by atoms with Crippen molar-refractivity contribution in [2.75, 3.05) is 13.2 Å². The lowest BCUT2D eigenvalue weighted by molar-refractivity contribution is 0.319. The molecule has 0 amide bonds. The summed E-state index contributed by atoms with van der Waals surface area (Å²) in [6, 6.07) is 9.78. The van der Waals surface area contributed by atoms with Crippen LogP contribution >= 0.6 is 0 Å². The first-order valence-electron chi connectivity index (χ1n) is 7.16. The Morgan fingerprint density at radius 1 is 1.05 bits per heavy atom. The fraction of sp³-hybridized carbons (Fsp3) is 0.467. The van der Waals surface area contributed by atoms with Gasteiger partial charge in [0.25, 0.3) is 0 Å². The Morgan fingerprint density at radius 2 is 1.90 bits per heavy atom. The molecule has 0 aliphatic heterocycles. The Labute approximate surface area is 119 Å². The number of unbranched alkanes of at least 4 members (excludes halogenated alkanes) is 2. The zero-order chi connectivity index (χ0) is 14.0. The number of rotatable bonds is 9. The maximum atomic E-state index is 5.62. The maximum absolute atomic E-state index is 5.62. The van der Waals surface area contributed by atoms with Gasteiger partial charge in [0.15, 0.2) is 5.82 Å². The summed E-state index contributed by atoms with van der Waals surface area (Å²) in [7, 11) is 0. The van der Waals surface area contributed by atoms with Crippen LogP contribution in [0.2, 0.25) is 0 Å². The lowest BCUT2D eigenvalue weighted by Crippen LogP contribution is -2.02. The number of nitrogens with zero attached hydrogens (tertiary/aromatic N) is 2. The van der Waals surface area contributed by atoms with Crippen LogP contribution in [0.25, 0.3) is 0 Å². The van der Waals surface area contributed by atoms with Crippen molar-refractivity contribution in [3.63, 3.8) is 0 Å². The minimum Gasteiger partial charge on any atom is -0.493 e. The molecule has 0 aliphatic carbocycles. The Bertz CT molecular complexity index is 484. The first-order chi connectivity index (χ1) is 9.88. The third kappa shape index (κ3) is 5.01. The molecule has 3 N–H and O–H groups in total. The van der Waals surface area contributed by atoms with Crippen molar-refractivity contribution in [2.24, 2.45) is 5.73 Å². The summed E-state index contributed by atoms with van der Waals surface area (Å²) in [5.41, 5.74) is 5.47. The summed E-state index contributed by atoms with van der Waals surface area (Å²) < 4.78 is 5.62. The van der Waals surface area contributed by atoms with E-state index < -0.39 is 0 Å². The van der Waals surface area contributed by atoms with Gasteiger partial charge in [-0.25, -0.2) is 4.98 Å². The van der Waals surface area contributed by atoms with Gasteiger partial charge in [0, 0.05) is 12.8 Å². The molecule has 0 radical (unpaired) electrons. The second kappa shape index (κ2) is 8.32. The van der Waals surface area contributed by atoms with Crippen molar-refractivity contribution in [3.05, 3.63) is 42.0 Å². The van der Waals surface area contributed by atoms with Crippen LogP contribution in [0, 0.1) is 0 Å². The molecule has 2 rings (SSSR count). The molecule has 0 saturated carbocycles. The Kier molecular flexibility index (Phi) is 6.05. The summed E-state index contributed by atoms with van der Waals surface area (Å²) in [6.07, 6.45) is 4.97. The van der Waals surface area contributed by atoms with Crippen molar-refractivity contribution in [3.8, 4) is 5.75 Å². The first-order valence-corrected chi connectivity index (χ1v) is 7.16. The highest BCUT2D eigenvalue weighted by Crippen LogP contribution is 2.08. The number of nitrogens with two attached hydrogens (primary N) is 1. The molecule has 0 unspecified atom stereocenters. The maximum Gasteiger partial charge on any atom is 0.154 e. The number of hydrogen-bond acceptors (Lipinski definition) is 4. The zero-order valence-corrected chi connectivity index (χ0v) is 11.7. The second-order valence-corrected chi connectivity index (χ2v) is 4.71. The third-order valence-corrected chi connectivity index (χ3v) is 3.03. The predicted molar refractivity (Wildman–Crippen MR) is 78.6 cm³/mol. The normalized spacial score (nSPS) is 10.7. The van der Waals surface area contributed by atoms with Crippen LogP contribution in [0.3, 0.4) is 0 Å². The SMILES string of the molecule is NCCCCCc1nc(CCOc2ccccc2)n[nH]1. The van der Waals surface area contributed by atoms with Crippen LogP contribution in [-0.2, 0) is 12.8 Å². The Balaban J connectivity index is 1.67. The van der Waals surface area contributed by atoms with E-state index in [1.807, 2.05) is 30.3 Å². The standard InChI is InChI=1S/C15H22N4O/c16-11-6-2-5-9-14-17-15(19-18-14)10-12-20-13-7-3-1-4-8-13/h1,3-4,7-8H,2,5-6,9-12,16H2,(H,17,18,19). The molecular weight excluding hydrogens is 252 g/mol. The van der Waals surface area contributed by atoms with E-state index in [9.17, 15) is 0 Å². The smallest absolute Gasteiger partial charge is 0.154 e. The molecule has 2 aromatic rings. The molecule has 1 aromatic carbocycles. The minimum atomic E-state index is 0.592. The molecule has 0 atom stereocenters. The molecule has 108 valence electrons. The monoisotopic (exact) mass is 274 g/mol. The van der Waals surface area contributed by atoms with Crippen molar-refractivity contribution < 1.29 is 4.74 Å². The molecule has 1 heterocycles. The molecular formula is C15H22N4O. The van der Waals surface area contributed by atoms with Crippen LogP contribution in [-0.4, -0.2) is 28.3 Å². The molecule has 5 nitrogen and oxygen atoms in total. The van der Waals surface area contributed by atoms with Crippen molar-refractivity contribution in [2.45, 2.75) is 32.1 Å². The van der Waals surface area contributed by atoms with E-state index in [1.54, 1.807) is 0 Å². The van der Waals surface area contributed by atoms with E-state index in [1.165, 1.54) is 0 Å². The van der Waals surface area contributed by atoms with Gasteiger partial charge in [0.1, 0.15) is 11.6 Å². The van der Waals surface area contributed by atoms with Gasteiger partial charge in [-0.1, -0.05) is 24.6 Å². The van der Waals surface area contributed by atoms with Crippen molar-refractivity contribution in [1.82, 2.24) is 15.2 Å². The summed E-state index contributed by atoms with van der Waals surface area (Å²) >= 11 is 0. The summed E-state index contributed by atoms with van der Waals surface area (Å²) in [4.78, 5) is 4.46. The van der Waals surface area contributed by atoms with Gasteiger partial charge in [-0.15, -0.1) is 0 Å². The van der Waals surface area contributed by atoms with Crippen LogP contribution in [0.4, 0.5) is 0 Å². The van der Waals surface area contributed by atoms with Gasteiger partial charge in [0.05, 0.1) is 6.61 Å². The van der Waals surface area contributed by atoms with Gasteiger partial charge < -0.3 is 10.5 Å². The van der Waals surface area contributed by atoms with E-state index >= 15 is 0 Å². The number of aryl methyl sites for hydroxylation is 1. The average Bonchev–Trinajstić information content (AvgIpc) is 2.93. The third-order valence-electron chi connectivity index (χ3n) is 3.03. The van der Waals surface area contributed by atoms with Crippen LogP contribution < -0.4 is 10.5 Å². The fourth-order valence-corrected chi connectivity index (χ4v) is 1.95. The largest absolute Gasteiger partial charge is 0.493 e. The molecule has 20 heavy (non-hydrogen) atoms. The molecule has 0 aliphatic rings. The Morgan fingerprint density at radius 3 is 2.70 bits per heavy atom. The highest BCUT2D eigenvalue weighted by atomic mass is 16.5. The molecule has 0 fully saturated rings. The lowest BCUT2D eigenvalue weighted by Gasteiger charge is -2.03. The van der Waals surface area contributed by atoms with Crippen LogP contribution in [0.5, 0.6) is 5.75 Å². The lowest BCUT2D eigenvalue weighted by atomic mass is 10.2. The molecule has 1 aromatic heterocycles. The van der Waals surface area contributed by atoms with Crippen LogP contribution in [0.1, 0.15) is 30.9 Å². The zero-order valence-electron chi connectivity index (χ0n) is 11.7. The number of aromatic nitrogens is 3. The first kappa shape index (κ1) is 14.5. The predicted octanol–water partition coefficient (Wildman–Crippen LogP) is 2.10. The number of hydrogen-bond donors (Lipinski definition) is 2. The van der Waals surface area contributed by atoms with Gasteiger partial charge >= 0.3 is 0 Å². The molecule has 0 bridgehead atoms. The fourth-order valence-electron chi connectivity index (χ4n) is 1.95. The topological polar surface area (TPSA) is 76.8 Å². The van der Waals surface area contributed by atoms with Crippen LogP contribution in [0.15, 0.2) is 30.3 Å². The van der Waals surface area contributed by atoms with Crippen molar-refractivity contribution in [1.29, 1.82) is 0 Å². The highest BCUT2D eigenvalue weighted by Gasteiger charge is 2.03. The highest BCUT2D eigenvalue weighted by molar-refractivity contribution is 5.20. The number of H-pyrrole nitrogens is 1. The molecule has 0 spiro atoms. The van der Waals surface area contributed by atoms with Gasteiger partial charge in [-0.2, -0.15) is 5.10 Å². The number of nitrogens with one attached hydrogen (secondary N) is 1. The van der Waals surface area contributed by atoms with E-state index in [4.69, 9.17) is 10.5 Å². The minimum absolute atomic E-state index is 0.592. The Hall–Kier alpha value is -1.88. The van der Waals surface area contributed by atoms with E-state index in [-0.39, 0.29) is 0 Å². The number of benzene rings is 1. The molecule has 0 saturated heterocycles. The molecule has 5 heteroatoms. The van der Waals surface area contributed by atoms with Gasteiger partial charge in [-0.05, 0) is 31.5 Å². The van der Waals surface area contributed by atoms with Gasteiger partial charge in [0.2, 0.25) is 0 Å². The summed E-state index contributed by atoms with van der Waals surface area (Å²) in [5, 5.41) is 7.19. The van der Waals surface area contributed by atoms with E-state index in [0.29, 0.717) is 13.0 Å². The van der Waals surface area contributed by atoms with Crippen molar-refractivity contribution >= 4 is 0 Å². The quantitative estimate of drug-likeness (QED) is 0.686. The summed E-state index contributed by atoms with van der Waals surface area (Å²) in [5.74, 6) is 2.65. The van der Waals surface area contributed by atoms with Gasteiger partial charge in [-0.3, -0.25) is 5.10 Å². The second-order valence-electron chi connectivity index (χ2n) is 4.71.